The van der Waals surface area contributed by atoms with Gasteiger partial charge in [0.1, 0.15) is 0 Å². The largest absolute Gasteiger partial charge is 0.504 e. The fourth-order valence-corrected chi connectivity index (χ4v) is 2.97. The van der Waals surface area contributed by atoms with Crippen LogP contribution in [-0.2, 0) is 0 Å². The van der Waals surface area contributed by atoms with Crippen LogP contribution in [0.5, 0.6) is 11.5 Å². The lowest BCUT2D eigenvalue weighted by Gasteiger charge is -2.33. The molecule has 2 rings (SSSR count). The first-order valence-electron chi connectivity index (χ1n) is 7.36. The molecule has 0 bridgehead atoms. The molecule has 0 atom stereocenters. The maximum Gasteiger partial charge on any atom is 0.257 e. The summed E-state index contributed by atoms with van der Waals surface area (Å²) in [4.78, 5) is 14.6. The molecule has 110 valence electrons. The number of carbonyl (C=O) groups excluding carboxylic acids is 1. The van der Waals surface area contributed by atoms with Gasteiger partial charge in [0.15, 0.2) is 11.5 Å². The second-order valence-electron chi connectivity index (χ2n) is 5.24. The summed E-state index contributed by atoms with van der Waals surface area (Å²) in [7, 11) is 1.49. The van der Waals surface area contributed by atoms with Crippen molar-refractivity contribution in [2.45, 2.75) is 45.1 Å². The molecule has 1 saturated carbocycles. The molecule has 0 heterocycles. The second kappa shape index (κ2) is 6.64. The van der Waals surface area contributed by atoms with Crippen LogP contribution in [0.2, 0.25) is 0 Å². The van der Waals surface area contributed by atoms with Crippen molar-refractivity contribution in [1.29, 1.82) is 0 Å². The zero-order chi connectivity index (χ0) is 14.5. The zero-order valence-corrected chi connectivity index (χ0v) is 12.3. The third-order valence-electron chi connectivity index (χ3n) is 4.07. The number of hydrogen-bond donors (Lipinski definition) is 1. The number of hydrogen-bond acceptors (Lipinski definition) is 3. The molecular formula is C16H23NO3. The Kier molecular flexibility index (Phi) is 4.88. The number of benzene rings is 1. The molecule has 0 aliphatic heterocycles. The fourth-order valence-electron chi connectivity index (χ4n) is 2.97. The molecular weight excluding hydrogens is 254 g/mol. The first-order valence-corrected chi connectivity index (χ1v) is 7.36. The van der Waals surface area contributed by atoms with Gasteiger partial charge in [0.25, 0.3) is 5.91 Å². The van der Waals surface area contributed by atoms with E-state index < -0.39 is 0 Å². The van der Waals surface area contributed by atoms with E-state index in [1.54, 1.807) is 18.2 Å². The summed E-state index contributed by atoms with van der Waals surface area (Å²) in [5, 5.41) is 10.1. The maximum atomic E-state index is 12.7. The monoisotopic (exact) mass is 277 g/mol. The Bertz CT molecular complexity index is 467. The summed E-state index contributed by atoms with van der Waals surface area (Å²) < 4.78 is 5.07. The Morgan fingerprint density at radius 3 is 2.65 bits per heavy atom. The SMILES string of the molecule is CCN(C(=O)c1cccc(OC)c1O)C1CCCCC1. The molecule has 4 nitrogen and oxygen atoms in total. The van der Waals surface area contributed by atoms with Gasteiger partial charge in [-0.25, -0.2) is 0 Å². The lowest BCUT2D eigenvalue weighted by Crippen LogP contribution is -2.41. The minimum absolute atomic E-state index is 0.0609. The van der Waals surface area contributed by atoms with Crippen molar-refractivity contribution in [2.75, 3.05) is 13.7 Å². The van der Waals surface area contributed by atoms with E-state index in [4.69, 9.17) is 4.74 Å². The van der Waals surface area contributed by atoms with Gasteiger partial charge in [-0.1, -0.05) is 25.3 Å². The van der Waals surface area contributed by atoms with Gasteiger partial charge >= 0.3 is 0 Å². The van der Waals surface area contributed by atoms with E-state index in [1.165, 1.54) is 26.4 Å². The Morgan fingerprint density at radius 2 is 2.05 bits per heavy atom. The van der Waals surface area contributed by atoms with Crippen LogP contribution in [0.15, 0.2) is 18.2 Å². The van der Waals surface area contributed by atoms with Gasteiger partial charge in [-0.2, -0.15) is 0 Å². The highest BCUT2D eigenvalue weighted by Crippen LogP contribution is 2.32. The number of aromatic hydroxyl groups is 1. The van der Waals surface area contributed by atoms with E-state index in [-0.39, 0.29) is 11.7 Å². The van der Waals surface area contributed by atoms with Crippen molar-refractivity contribution in [1.82, 2.24) is 4.90 Å². The van der Waals surface area contributed by atoms with Crippen LogP contribution >= 0.6 is 0 Å². The predicted molar refractivity (Wildman–Crippen MR) is 78.2 cm³/mol. The minimum Gasteiger partial charge on any atom is -0.504 e. The van der Waals surface area contributed by atoms with Gasteiger partial charge in [0, 0.05) is 12.6 Å². The number of carbonyl (C=O) groups is 1. The van der Waals surface area contributed by atoms with Crippen LogP contribution in [0.4, 0.5) is 0 Å². The molecule has 0 spiro atoms. The molecule has 1 amide bonds. The summed E-state index contributed by atoms with van der Waals surface area (Å²) >= 11 is 0. The normalized spacial score (nSPS) is 15.9. The minimum atomic E-state index is -0.101. The molecule has 0 aromatic heterocycles. The van der Waals surface area contributed by atoms with Crippen molar-refractivity contribution in [2.24, 2.45) is 0 Å². The van der Waals surface area contributed by atoms with Crippen molar-refractivity contribution in [3.8, 4) is 11.5 Å². The number of para-hydroxylation sites is 1. The van der Waals surface area contributed by atoms with Gasteiger partial charge in [0.2, 0.25) is 0 Å². The number of methoxy groups -OCH3 is 1. The molecule has 1 N–H and O–H groups in total. The standard InChI is InChI=1S/C16H23NO3/c1-3-17(12-8-5-4-6-9-12)16(19)13-10-7-11-14(20-2)15(13)18/h7,10-12,18H,3-6,8-9H2,1-2H3. The molecule has 0 unspecified atom stereocenters. The number of phenolic OH excluding ortho intramolecular Hbond substituents is 1. The summed E-state index contributed by atoms with van der Waals surface area (Å²) in [6, 6.07) is 5.35. The topological polar surface area (TPSA) is 49.8 Å². The van der Waals surface area contributed by atoms with Gasteiger partial charge in [-0.3, -0.25) is 4.79 Å². The zero-order valence-electron chi connectivity index (χ0n) is 12.3. The average molecular weight is 277 g/mol. The van der Waals surface area contributed by atoms with Crippen molar-refractivity contribution in [3.05, 3.63) is 23.8 Å². The van der Waals surface area contributed by atoms with Gasteiger partial charge in [-0.05, 0) is 31.9 Å². The first-order chi connectivity index (χ1) is 9.69. The Hall–Kier alpha value is -1.71. The Balaban J connectivity index is 2.24. The van der Waals surface area contributed by atoms with E-state index in [0.29, 0.717) is 23.9 Å². The molecule has 1 aromatic rings. The summed E-state index contributed by atoms with van der Waals surface area (Å²) in [6.45, 7) is 2.66. The molecule has 0 saturated heterocycles. The smallest absolute Gasteiger partial charge is 0.257 e. The van der Waals surface area contributed by atoms with Gasteiger partial charge in [0.05, 0.1) is 12.7 Å². The average Bonchev–Trinajstić information content (AvgIpc) is 2.49. The highest BCUT2D eigenvalue weighted by atomic mass is 16.5. The number of phenols is 1. The third-order valence-corrected chi connectivity index (χ3v) is 4.07. The van der Waals surface area contributed by atoms with E-state index in [0.717, 1.165) is 12.8 Å². The van der Waals surface area contributed by atoms with Crippen LogP contribution < -0.4 is 4.74 Å². The Morgan fingerprint density at radius 1 is 1.35 bits per heavy atom. The molecule has 4 heteroatoms. The van der Waals surface area contributed by atoms with E-state index in [9.17, 15) is 9.90 Å². The van der Waals surface area contributed by atoms with Gasteiger partial charge in [-0.15, -0.1) is 0 Å². The van der Waals surface area contributed by atoms with Crippen molar-refractivity contribution >= 4 is 5.91 Å². The number of nitrogens with zero attached hydrogens (tertiary/aromatic N) is 1. The van der Waals surface area contributed by atoms with Crippen LogP contribution in [0.1, 0.15) is 49.4 Å². The molecule has 1 aliphatic rings. The molecule has 1 fully saturated rings. The van der Waals surface area contributed by atoms with Gasteiger partial charge < -0.3 is 14.7 Å². The summed E-state index contributed by atoms with van der Waals surface area (Å²) in [6.07, 6.45) is 5.73. The summed E-state index contributed by atoms with van der Waals surface area (Å²) in [5.74, 6) is 0.181. The highest BCUT2D eigenvalue weighted by molar-refractivity contribution is 5.97. The number of amides is 1. The number of rotatable bonds is 4. The predicted octanol–water partition coefficient (Wildman–Crippen LogP) is 3.20. The van der Waals surface area contributed by atoms with Crippen molar-refractivity contribution < 1.29 is 14.6 Å². The van der Waals surface area contributed by atoms with E-state index in [1.807, 2.05) is 11.8 Å². The van der Waals surface area contributed by atoms with Crippen LogP contribution in [-0.4, -0.2) is 35.6 Å². The van der Waals surface area contributed by atoms with Crippen LogP contribution in [0.25, 0.3) is 0 Å². The van der Waals surface area contributed by atoms with Crippen LogP contribution in [0.3, 0.4) is 0 Å². The quantitative estimate of drug-likeness (QED) is 0.919. The van der Waals surface area contributed by atoms with Crippen molar-refractivity contribution in [3.63, 3.8) is 0 Å². The first kappa shape index (κ1) is 14.7. The van der Waals surface area contributed by atoms with Crippen LogP contribution in [0, 0.1) is 0 Å². The molecule has 1 aromatic carbocycles. The fraction of sp³-hybridized carbons (Fsp3) is 0.562. The number of ether oxygens (including phenoxy) is 1. The highest BCUT2D eigenvalue weighted by Gasteiger charge is 2.27. The van der Waals surface area contributed by atoms with E-state index in [2.05, 4.69) is 0 Å². The lowest BCUT2D eigenvalue weighted by molar-refractivity contribution is 0.0644. The lowest BCUT2D eigenvalue weighted by atomic mass is 9.93. The molecule has 20 heavy (non-hydrogen) atoms. The Labute approximate surface area is 120 Å². The second-order valence-corrected chi connectivity index (χ2v) is 5.24. The van der Waals surface area contributed by atoms with E-state index >= 15 is 0 Å². The third kappa shape index (κ3) is 2.89. The molecule has 0 radical (unpaired) electrons. The summed E-state index contributed by atoms with van der Waals surface area (Å²) in [5.41, 5.74) is 0.330. The molecule has 1 aliphatic carbocycles. The maximum absolute atomic E-state index is 12.7.